The molecule has 0 aliphatic rings. The lowest BCUT2D eigenvalue weighted by atomic mass is 10.0. The Bertz CT molecular complexity index is 1200. The van der Waals surface area contributed by atoms with E-state index in [1.54, 1.807) is 5.38 Å². The first-order valence-corrected chi connectivity index (χ1v) is 13.0. The van der Waals surface area contributed by atoms with Gasteiger partial charge in [-0.25, -0.2) is 14.4 Å². The molecular weight excluding hydrogens is 544 g/mol. The molecule has 0 saturated carbocycles. The maximum atomic E-state index is 13.2. The average molecular weight is 573 g/mol. The number of carbonyl (C=O) groups is 2. The summed E-state index contributed by atoms with van der Waals surface area (Å²) in [5.41, 5.74) is 0.414. The third-order valence-corrected chi connectivity index (χ3v) is 6.55. The van der Waals surface area contributed by atoms with Gasteiger partial charge in [0.15, 0.2) is 0 Å². The smallest absolute Gasteiger partial charge is 0.389 e. The Hall–Kier alpha value is -3.36. The first-order valence-electron chi connectivity index (χ1n) is 12.1. The van der Waals surface area contributed by atoms with Crippen molar-refractivity contribution in [2.24, 2.45) is 0 Å². The highest BCUT2D eigenvalue weighted by Gasteiger charge is 2.32. The molecule has 0 radical (unpaired) electrons. The highest BCUT2D eigenvalue weighted by molar-refractivity contribution is 7.09. The Kier molecular flexibility index (Phi) is 10.5. The second-order valence-electron chi connectivity index (χ2n) is 8.93. The fraction of sp³-hybridized carbons (Fsp3) is 0.440. The van der Waals surface area contributed by atoms with Gasteiger partial charge in [0.05, 0.1) is 18.3 Å². The molecule has 14 heteroatoms. The Labute approximate surface area is 225 Å². The Balaban J connectivity index is 1.73. The molecule has 0 fully saturated rings. The van der Waals surface area contributed by atoms with Gasteiger partial charge in [0.2, 0.25) is 17.6 Å². The molecule has 3 rings (SSSR count). The standard InChI is InChI=1S/C25H28F4N4O5S/c1-14(34)4-9-18(33-22(37)19-13-31-23(38-19)15-5-7-16(26)8-6-15)21(36)32-17(3-2-10-25(27,28)29)20(35)24-30-11-12-39-24/h5-8,11-14,17-18,20,34-35H,2-4,9-10H2,1H3,(H,32,36)(H,33,37)/t14?,17-,18-,20?/m0/s1. The highest BCUT2D eigenvalue weighted by atomic mass is 32.1. The van der Waals surface area contributed by atoms with Crippen molar-refractivity contribution in [3.05, 3.63) is 58.6 Å². The van der Waals surface area contributed by atoms with Crippen LogP contribution in [0.3, 0.4) is 0 Å². The molecule has 4 N–H and O–H groups in total. The van der Waals surface area contributed by atoms with Crippen LogP contribution in [0.1, 0.15) is 60.7 Å². The number of hydrogen-bond donors (Lipinski definition) is 4. The number of aliphatic hydroxyl groups is 2. The van der Waals surface area contributed by atoms with Gasteiger partial charge in [0.25, 0.3) is 5.91 Å². The van der Waals surface area contributed by atoms with Crippen LogP contribution in [0.25, 0.3) is 11.5 Å². The number of halogens is 4. The number of aromatic nitrogens is 2. The molecule has 4 atom stereocenters. The molecule has 212 valence electrons. The van der Waals surface area contributed by atoms with E-state index in [4.69, 9.17) is 4.42 Å². The van der Waals surface area contributed by atoms with Crippen molar-refractivity contribution in [2.75, 3.05) is 0 Å². The van der Waals surface area contributed by atoms with Gasteiger partial charge in [-0.1, -0.05) is 0 Å². The molecular formula is C25H28F4N4O5S. The van der Waals surface area contributed by atoms with Gasteiger partial charge in [-0.05, 0) is 56.9 Å². The third-order valence-electron chi connectivity index (χ3n) is 5.70. The molecule has 2 amide bonds. The predicted octanol–water partition coefficient (Wildman–Crippen LogP) is 4.15. The van der Waals surface area contributed by atoms with Crippen LogP contribution in [-0.4, -0.2) is 56.4 Å². The molecule has 0 aliphatic heterocycles. The van der Waals surface area contributed by atoms with Gasteiger partial charge in [0, 0.05) is 23.6 Å². The second-order valence-corrected chi connectivity index (χ2v) is 9.85. The van der Waals surface area contributed by atoms with Crippen LogP contribution in [0.4, 0.5) is 17.6 Å². The summed E-state index contributed by atoms with van der Waals surface area (Å²) in [5.74, 6) is -2.24. The number of nitrogens with zero attached hydrogens (tertiary/aromatic N) is 2. The van der Waals surface area contributed by atoms with E-state index < -0.39 is 54.5 Å². The van der Waals surface area contributed by atoms with E-state index in [0.717, 1.165) is 17.5 Å². The maximum absolute atomic E-state index is 13.2. The van der Waals surface area contributed by atoms with E-state index in [9.17, 15) is 37.4 Å². The third kappa shape index (κ3) is 9.41. The lowest BCUT2D eigenvalue weighted by molar-refractivity contribution is -0.136. The number of aliphatic hydroxyl groups excluding tert-OH is 2. The topological polar surface area (TPSA) is 138 Å². The van der Waals surface area contributed by atoms with Crippen LogP contribution in [0, 0.1) is 5.82 Å². The SMILES string of the molecule is CC(O)CC[C@H](NC(=O)c1cnc(-c2ccc(F)cc2)o1)C(=O)N[C@@H](CCCC(F)(F)F)C(O)c1nccs1. The molecule has 0 saturated heterocycles. The minimum atomic E-state index is -4.40. The number of thiazole rings is 1. The monoisotopic (exact) mass is 572 g/mol. The fourth-order valence-corrected chi connectivity index (χ4v) is 4.36. The van der Waals surface area contributed by atoms with Gasteiger partial charge >= 0.3 is 6.18 Å². The van der Waals surface area contributed by atoms with Crippen LogP contribution >= 0.6 is 11.3 Å². The van der Waals surface area contributed by atoms with E-state index in [-0.39, 0.29) is 42.3 Å². The van der Waals surface area contributed by atoms with E-state index >= 15 is 0 Å². The van der Waals surface area contributed by atoms with Crippen LogP contribution in [0.5, 0.6) is 0 Å². The van der Waals surface area contributed by atoms with Crippen molar-refractivity contribution in [1.29, 1.82) is 0 Å². The summed E-state index contributed by atoms with van der Waals surface area (Å²) in [6, 6.07) is 2.87. The minimum absolute atomic E-state index is 0.0170. The molecule has 39 heavy (non-hydrogen) atoms. The van der Waals surface area contributed by atoms with Crippen molar-refractivity contribution in [3.63, 3.8) is 0 Å². The van der Waals surface area contributed by atoms with Crippen molar-refractivity contribution < 1.29 is 41.8 Å². The molecule has 0 spiro atoms. The molecule has 0 bridgehead atoms. The summed E-state index contributed by atoms with van der Waals surface area (Å²) in [6.07, 6.45) is -5.60. The molecule has 2 aromatic heterocycles. The van der Waals surface area contributed by atoms with E-state index in [1.807, 2.05) is 0 Å². The summed E-state index contributed by atoms with van der Waals surface area (Å²) >= 11 is 1.08. The number of nitrogens with one attached hydrogen (secondary N) is 2. The molecule has 2 heterocycles. The number of hydrogen-bond acceptors (Lipinski definition) is 8. The predicted molar refractivity (Wildman–Crippen MR) is 133 cm³/mol. The van der Waals surface area contributed by atoms with Gasteiger partial charge in [-0.2, -0.15) is 13.2 Å². The van der Waals surface area contributed by atoms with Crippen molar-refractivity contribution >= 4 is 23.2 Å². The number of oxazole rings is 1. The molecule has 9 nitrogen and oxygen atoms in total. The number of rotatable bonds is 13. The minimum Gasteiger partial charge on any atom is -0.431 e. The van der Waals surface area contributed by atoms with Crippen LogP contribution in [0.2, 0.25) is 0 Å². The first kappa shape index (κ1) is 30.2. The Morgan fingerprint density at radius 1 is 1.08 bits per heavy atom. The zero-order valence-corrected chi connectivity index (χ0v) is 21.6. The largest absolute Gasteiger partial charge is 0.431 e. The van der Waals surface area contributed by atoms with Gasteiger partial charge in [-0.3, -0.25) is 9.59 Å². The lowest BCUT2D eigenvalue weighted by Crippen LogP contribution is -2.51. The summed E-state index contributed by atoms with van der Waals surface area (Å²) < 4.78 is 56.8. The van der Waals surface area contributed by atoms with E-state index in [1.165, 1.54) is 37.4 Å². The summed E-state index contributed by atoms with van der Waals surface area (Å²) in [4.78, 5) is 34.0. The first-order chi connectivity index (χ1) is 18.4. The summed E-state index contributed by atoms with van der Waals surface area (Å²) in [5, 5.41) is 27.3. The molecule has 3 aromatic rings. The zero-order valence-electron chi connectivity index (χ0n) is 20.8. The quantitative estimate of drug-likeness (QED) is 0.226. The van der Waals surface area contributed by atoms with E-state index in [0.29, 0.717) is 5.56 Å². The molecule has 1 aromatic carbocycles. The summed E-state index contributed by atoms with van der Waals surface area (Å²) in [6.45, 7) is 1.49. The van der Waals surface area contributed by atoms with Gasteiger partial charge < -0.3 is 25.3 Å². The Morgan fingerprint density at radius 3 is 2.41 bits per heavy atom. The van der Waals surface area contributed by atoms with Crippen LogP contribution < -0.4 is 10.6 Å². The van der Waals surface area contributed by atoms with Gasteiger partial charge in [0.1, 0.15) is 23.0 Å². The van der Waals surface area contributed by atoms with E-state index in [2.05, 4.69) is 20.6 Å². The van der Waals surface area contributed by atoms with Crippen molar-refractivity contribution in [1.82, 2.24) is 20.6 Å². The second kappa shape index (κ2) is 13.6. The number of benzene rings is 1. The van der Waals surface area contributed by atoms with Gasteiger partial charge in [-0.15, -0.1) is 11.3 Å². The molecule has 2 unspecified atom stereocenters. The Morgan fingerprint density at radius 2 is 1.79 bits per heavy atom. The fourth-order valence-electron chi connectivity index (χ4n) is 3.68. The normalized spacial score (nSPS) is 14.8. The van der Waals surface area contributed by atoms with Crippen molar-refractivity contribution in [2.45, 2.75) is 69.5 Å². The zero-order chi connectivity index (χ0) is 28.6. The number of carbonyl (C=O) groups excluding carboxylic acids is 2. The van der Waals surface area contributed by atoms with Crippen LogP contribution in [0.15, 0.2) is 46.5 Å². The average Bonchev–Trinajstić information content (AvgIpc) is 3.58. The molecule has 0 aliphatic carbocycles. The maximum Gasteiger partial charge on any atom is 0.389 e. The highest BCUT2D eigenvalue weighted by Crippen LogP contribution is 2.27. The lowest BCUT2D eigenvalue weighted by Gasteiger charge is -2.26. The number of amides is 2. The van der Waals surface area contributed by atoms with Crippen LogP contribution in [-0.2, 0) is 4.79 Å². The number of alkyl halides is 3. The summed E-state index contributed by atoms with van der Waals surface area (Å²) in [7, 11) is 0. The van der Waals surface area contributed by atoms with Crippen molar-refractivity contribution in [3.8, 4) is 11.5 Å².